The standard InChI is InChI=1S/C35H40N4O3/c1-23(2)18-32-35(42)38(31(34(41)36-4)21-25-11-13-27-8-5-6-9-28(27)19-25)17-15-24(3)39(32)33(40)22-26-12-14-30-29(20-26)10-7-16-37-30/h5-14,16,19-20,23-24,31-32H,15,17-18,21-22H2,1-4H3,(H,36,41). The van der Waals surface area contributed by atoms with Gasteiger partial charge in [0.1, 0.15) is 12.1 Å². The van der Waals surface area contributed by atoms with Crippen molar-refractivity contribution in [2.24, 2.45) is 5.92 Å². The van der Waals surface area contributed by atoms with Crippen LogP contribution in [-0.4, -0.2) is 64.2 Å². The molecule has 0 spiro atoms. The Bertz CT molecular complexity index is 1600. The first-order valence-corrected chi connectivity index (χ1v) is 14.9. The Kier molecular flexibility index (Phi) is 8.86. The predicted octanol–water partition coefficient (Wildman–Crippen LogP) is 5.15. The monoisotopic (exact) mass is 564 g/mol. The average molecular weight is 565 g/mol. The van der Waals surface area contributed by atoms with E-state index in [9.17, 15) is 14.4 Å². The average Bonchev–Trinajstić information content (AvgIpc) is 3.10. The number of pyridine rings is 1. The highest BCUT2D eigenvalue weighted by Gasteiger charge is 2.42. The minimum Gasteiger partial charge on any atom is -0.357 e. The highest BCUT2D eigenvalue weighted by atomic mass is 16.2. The van der Waals surface area contributed by atoms with Gasteiger partial charge in [0, 0.05) is 37.6 Å². The van der Waals surface area contributed by atoms with Gasteiger partial charge in [0.15, 0.2) is 0 Å². The van der Waals surface area contributed by atoms with E-state index in [2.05, 4.69) is 48.4 Å². The van der Waals surface area contributed by atoms with Gasteiger partial charge in [-0.15, -0.1) is 0 Å². The molecular formula is C35H40N4O3. The first-order valence-electron chi connectivity index (χ1n) is 14.9. The van der Waals surface area contributed by atoms with E-state index >= 15 is 0 Å². The Morgan fingerprint density at radius 2 is 1.67 bits per heavy atom. The van der Waals surface area contributed by atoms with Crippen LogP contribution in [0.1, 0.15) is 44.7 Å². The summed E-state index contributed by atoms with van der Waals surface area (Å²) in [5.41, 5.74) is 2.77. The lowest BCUT2D eigenvalue weighted by Crippen LogP contribution is -2.56. The number of fused-ring (bicyclic) bond motifs is 2. The number of carbonyl (C=O) groups excluding carboxylic acids is 3. The summed E-state index contributed by atoms with van der Waals surface area (Å²) in [6.07, 6.45) is 3.49. The number of hydrogen-bond donors (Lipinski definition) is 1. The van der Waals surface area contributed by atoms with E-state index in [0.29, 0.717) is 25.8 Å². The van der Waals surface area contributed by atoms with E-state index in [1.165, 1.54) is 0 Å². The highest BCUT2D eigenvalue weighted by Crippen LogP contribution is 2.27. The first kappa shape index (κ1) is 29.2. The molecule has 3 amide bonds. The highest BCUT2D eigenvalue weighted by molar-refractivity contribution is 5.93. The lowest BCUT2D eigenvalue weighted by atomic mass is 9.97. The molecule has 5 rings (SSSR count). The van der Waals surface area contributed by atoms with Crippen LogP contribution in [0.15, 0.2) is 79.0 Å². The Hall–Kier alpha value is -4.26. The number of carbonyl (C=O) groups is 3. The zero-order valence-corrected chi connectivity index (χ0v) is 24.9. The summed E-state index contributed by atoms with van der Waals surface area (Å²) in [6, 6.07) is 22.6. The topological polar surface area (TPSA) is 82.6 Å². The van der Waals surface area contributed by atoms with Gasteiger partial charge in [-0.05, 0) is 65.8 Å². The van der Waals surface area contributed by atoms with Gasteiger partial charge in [-0.25, -0.2) is 0 Å². The molecule has 2 heterocycles. The van der Waals surface area contributed by atoms with Crippen molar-refractivity contribution in [1.82, 2.24) is 20.1 Å². The molecule has 218 valence electrons. The van der Waals surface area contributed by atoms with Gasteiger partial charge in [0.2, 0.25) is 17.7 Å². The van der Waals surface area contributed by atoms with Crippen molar-refractivity contribution in [2.75, 3.05) is 13.6 Å². The SMILES string of the molecule is CNC(=O)C(Cc1ccc2ccccc2c1)N1CCC(C)N(C(=O)Cc2ccc3ncccc3c2)C(CC(C)C)C1=O. The van der Waals surface area contributed by atoms with Crippen molar-refractivity contribution < 1.29 is 14.4 Å². The summed E-state index contributed by atoms with van der Waals surface area (Å²) in [4.78, 5) is 49.6. The number of nitrogens with one attached hydrogen (secondary N) is 1. The Morgan fingerprint density at radius 3 is 2.43 bits per heavy atom. The molecule has 3 atom stereocenters. The molecule has 1 aliphatic heterocycles. The quantitative estimate of drug-likeness (QED) is 0.321. The maximum atomic E-state index is 14.4. The molecule has 0 aliphatic carbocycles. The molecule has 42 heavy (non-hydrogen) atoms. The van der Waals surface area contributed by atoms with Crippen LogP contribution in [0.3, 0.4) is 0 Å². The van der Waals surface area contributed by atoms with E-state index in [1.54, 1.807) is 23.0 Å². The molecule has 7 heteroatoms. The van der Waals surface area contributed by atoms with Crippen molar-refractivity contribution in [3.8, 4) is 0 Å². The Morgan fingerprint density at radius 1 is 0.952 bits per heavy atom. The second-order valence-electron chi connectivity index (χ2n) is 11.8. The number of aromatic nitrogens is 1. The van der Waals surface area contributed by atoms with Gasteiger partial charge in [-0.2, -0.15) is 0 Å². The molecule has 3 unspecified atom stereocenters. The maximum Gasteiger partial charge on any atom is 0.246 e. The summed E-state index contributed by atoms with van der Waals surface area (Å²) in [5, 5.41) is 6.00. The minimum absolute atomic E-state index is 0.0717. The molecule has 1 N–H and O–H groups in total. The van der Waals surface area contributed by atoms with Crippen molar-refractivity contribution >= 4 is 39.4 Å². The van der Waals surface area contributed by atoms with Crippen molar-refractivity contribution in [1.29, 1.82) is 0 Å². The molecule has 7 nitrogen and oxygen atoms in total. The summed E-state index contributed by atoms with van der Waals surface area (Å²) in [7, 11) is 1.61. The number of rotatable bonds is 8. The Balaban J connectivity index is 1.44. The molecule has 1 aliphatic rings. The minimum atomic E-state index is -0.673. The van der Waals surface area contributed by atoms with E-state index < -0.39 is 12.1 Å². The lowest BCUT2D eigenvalue weighted by molar-refractivity contribution is -0.148. The fraction of sp³-hybridized carbons (Fsp3) is 0.371. The number of benzene rings is 3. The summed E-state index contributed by atoms with van der Waals surface area (Å²) in [6.45, 7) is 6.56. The van der Waals surface area contributed by atoms with Crippen molar-refractivity contribution in [3.05, 3.63) is 90.1 Å². The van der Waals surface area contributed by atoms with Crippen LogP contribution in [0.2, 0.25) is 0 Å². The first-order chi connectivity index (χ1) is 20.2. The molecule has 0 saturated carbocycles. The predicted molar refractivity (Wildman–Crippen MR) is 167 cm³/mol. The van der Waals surface area contributed by atoms with Crippen LogP contribution in [-0.2, 0) is 27.2 Å². The van der Waals surface area contributed by atoms with Crippen molar-refractivity contribution in [3.63, 3.8) is 0 Å². The van der Waals surface area contributed by atoms with Crippen LogP contribution in [0.25, 0.3) is 21.7 Å². The van der Waals surface area contributed by atoms with Crippen LogP contribution >= 0.6 is 0 Å². The number of amides is 3. The van der Waals surface area contributed by atoms with Crippen LogP contribution in [0.5, 0.6) is 0 Å². The van der Waals surface area contributed by atoms with Gasteiger partial charge in [-0.1, -0.05) is 68.4 Å². The van der Waals surface area contributed by atoms with E-state index in [-0.39, 0.29) is 36.1 Å². The van der Waals surface area contributed by atoms with E-state index in [0.717, 1.165) is 32.8 Å². The second-order valence-corrected chi connectivity index (χ2v) is 11.8. The van der Waals surface area contributed by atoms with E-state index in [4.69, 9.17) is 0 Å². The fourth-order valence-corrected chi connectivity index (χ4v) is 6.18. The van der Waals surface area contributed by atoms with Gasteiger partial charge in [0.05, 0.1) is 11.9 Å². The summed E-state index contributed by atoms with van der Waals surface area (Å²) < 4.78 is 0. The lowest BCUT2D eigenvalue weighted by Gasteiger charge is -2.36. The maximum absolute atomic E-state index is 14.4. The van der Waals surface area contributed by atoms with Gasteiger partial charge < -0.3 is 15.1 Å². The number of nitrogens with zero attached hydrogens (tertiary/aromatic N) is 3. The smallest absolute Gasteiger partial charge is 0.246 e. The second kappa shape index (κ2) is 12.7. The third-order valence-corrected chi connectivity index (χ3v) is 8.34. The van der Waals surface area contributed by atoms with Crippen molar-refractivity contribution in [2.45, 2.75) is 64.6 Å². The molecule has 1 fully saturated rings. The summed E-state index contributed by atoms with van der Waals surface area (Å²) in [5.74, 6) is -0.236. The zero-order valence-electron chi connectivity index (χ0n) is 24.9. The largest absolute Gasteiger partial charge is 0.357 e. The summed E-state index contributed by atoms with van der Waals surface area (Å²) >= 11 is 0. The Labute approximate surface area is 247 Å². The zero-order chi connectivity index (χ0) is 29.8. The molecule has 4 aromatic rings. The molecular weight excluding hydrogens is 524 g/mol. The van der Waals surface area contributed by atoms with Gasteiger partial charge in [-0.3, -0.25) is 19.4 Å². The number of likely N-dealkylation sites (N-methyl/N-ethyl adjacent to an activating group) is 1. The van der Waals surface area contributed by atoms with Gasteiger partial charge in [0.25, 0.3) is 0 Å². The third-order valence-electron chi connectivity index (χ3n) is 8.34. The molecule has 1 aromatic heterocycles. The van der Waals surface area contributed by atoms with Crippen LogP contribution < -0.4 is 5.32 Å². The third kappa shape index (κ3) is 6.30. The fourth-order valence-electron chi connectivity index (χ4n) is 6.18. The number of hydrogen-bond acceptors (Lipinski definition) is 4. The van der Waals surface area contributed by atoms with Crippen LogP contribution in [0.4, 0.5) is 0 Å². The normalized spacial score (nSPS) is 18.4. The molecule has 3 aromatic carbocycles. The van der Waals surface area contributed by atoms with Crippen LogP contribution in [0, 0.1) is 5.92 Å². The molecule has 1 saturated heterocycles. The molecule has 0 bridgehead atoms. The van der Waals surface area contributed by atoms with Gasteiger partial charge >= 0.3 is 0 Å². The van der Waals surface area contributed by atoms with E-state index in [1.807, 2.05) is 55.5 Å². The molecule has 0 radical (unpaired) electrons.